The number of hydrogen-bond donors (Lipinski definition) is 3. The maximum absolute atomic E-state index is 12.0. The number of phenols is 1. The summed E-state index contributed by atoms with van der Waals surface area (Å²) in [7, 11) is 1.80. The van der Waals surface area contributed by atoms with Crippen LogP contribution in [0.2, 0.25) is 0 Å². The Kier molecular flexibility index (Phi) is 3.46. The molecular formula is C25H35NO4. The van der Waals surface area contributed by atoms with Gasteiger partial charge in [0.15, 0.2) is 11.5 Å². The predicted octanol–water partition coefficient (Wildman–Crippen LogP) is 3.29. The van der Waals surface area contributed by atoms with Crippen LogP contribution in [0, 0.1) is 16.7 Å². The summed E-state index contributed by atoms with van der Waals surface area (Å²) in [5.74, 6) is 0.887. The SMILES string of the molecule is CO[C@@]12CC[C@]3(C[C@@H]1[C@](C)(O)C(C)(C)C)[C@H]1Cc4ccc(O)c5c4[C@@]3(CCN1)[C@H]2O5. The molecule has 5 heteroatoms. The van der Waals surface area contributed by atoms with Gasteiger partial charge in [0, 0.05) is 35.5 Å². The average Bonchev–Trinajstić information content (AvgIpc) is 3.05. The van der Waals surface area contributed by atoms with E-state index in [1.165, 1.54) is 11.1 Å². The van der Waals surface area contributed by atoms with E-state index in [1.807, 2.05) is 6.92 Å². The molecule has 7 rings (SSSR count). The van der Waals surface area contributed by atoms with Gasteiger partial charge in [-0.25, -0.2) is 0 Å². The predicted molar refractivity (Wildman–Crippen MR) is 114 cm³/mol. The van der Waals surface area contributed by atoms with E-state index in [2.05, 4.69) is 32.2 Å². The first kappa shape index (κ1) is 19.4. The van der Waals surface area contributed by atoms with E-state index in [-0.39, 0.29) is 34.0 Å². The van der Waals surface area contributed by atoms with Crippen LogP contribution in [0.15, 0.2) is 12.1 Å². The van der Waals surface area contributed by atoms with Crippen LogP contribution in [0.1, 0.15) is 64.5 Å². The molecule has 1 saturated heterocycles. The summed E-state index contributed by atoms with van der Waals surface area (Å²) in [5.41, 5.74) is 0.658. The maximum atomic E-state index is 12.0. The summed E-state index contributed by atoms with van der Waals surface area (Å²) in [4.78, 5) is 0. The highest BCUT2D eigenvalue weighted by atomic mass is 16.6. The number of phenolic OH excluding ortho intramolecular Hbond substituents is 1. The van der Waals surface area contributed by atoms with Gasteiger partial charge in [-0.15, -0.1) is 0 Å². The highest BCUT2D eigenvalue weighted by molar-refractivity contribution is 5.63. The first-order chi connectivity index (χ1) is 14.1. The molecular weight excluding hydrogens is 378 g/mol. The Hall–Kier alpha value is -1.30. The van der Waals surface area contributed by atoms with Crippen LogP contribution >= 0.6 is 0 Å². The number of hydrogen-bond acceptors (Lipinski definition) is 5. The summed E-state index contributed by atoms with van der Waals surface area (Å²) in [6.45, 7) is 9.33. The molecule has 1 aromatic rings. The molecule has 2 aliphatic heterocycles. The Labute approximate surface area is 179 Å². The fourth-order valence-electron chi connectivity index (χ4n) is 8.53. The highest BCUT2D eigenvalue weighted by Gasteiger charge is 2.81. The average molecular weight is 414 g/mol. The van der Waals surface area contributed by atoms with Gasteiger partial charge in [-0.2, -0.15) is 0 Å². The van der Waals surface area contributed by atoms with E-state index in [0.717, 1.165) is 38.6 Å². The van der Waals surface area contributed by atoms with E-state index in [0.29, 0.717) is 11.8 Å². The summed E-state index contributed by atoms with van der Waals surface area (Å²) in [6.07, 6.45) is 4.66. The second kappa shape index (κ2) is 5.36. The lowest BCUT2D eigenvalue weighted by molar-refractivity contribution is -0.303. The smallest absolute Gasteiger partial charge is 0.165 e. The van der Waals surface area contributed by atoms with E-state index in [1.54, 1.807) is 13.2 Å². The molecule has 0 radical (unpaired) electrons. The molecule has 0 unspecified atom stereocenters. The molecule has 2 heterocycles. The lowest BCUT2D eigenvalue weighted by Gasteiger charge is -2.74. The number of methoxy groups -OCH3 is 1. The van der Waals surface area contributed by atoms with Crippen molar-refractivity contribution < 1.29 is 19.7 Å². The van der Waals surface area contributed by atoms with Gasteiger partial charge in [-0.1, -0.05) is 26.8 Å². The third-order valence-corrected chi connectivity index (χ3v) is 10.4. The quantitative estimate of drug-likeness (QED) is 0.694. The molecule has 3 N–H and O–H groups in total. The van der Waals surface area contributed by atoms with Gasteiger partial charge in [0.05, 0.1) is 5.60 Å². The zero-order valence-electron chi connectivity index (χ0n) is 18.8. The largest absolute Gasteiger partial charge is 0.504 e. The standard InChI is InChI=1S/C25H35NO4/c1-21(2,3)22(4,28)16-13-23-8-9-25(16,29-5)20-24(23)10-11-26-17(23)12-14-6-7-15(27)19(30-20)18(14)24/h6-7,16-17,20,26-28H,8-13H2,1-5H3/t16-,17-,20-,22+,23+,24+,25+/m1/s1. The molecule has 0 aromatic heterocycles. The number of aliphatic hydroxyl groups is 1. The van der Waals surface area contributed by atoms with Gasteiger partial charge in [0.25, 0.3) is 0 Å². The van der Waals surface area contributed by atoms with Crippen LogP contribution in [-0.4, -0.2) is 47.2 Å². The Morgan fingerprint density at radius 1 is 1.17 bits per heavy atom. The molecule has 3 saturated carbocycles. The van der Waals surface area contributed by atoms with Gasteiger partial charge in [-0.3, -0.25) is 0 Å². The van der Waals surface area contributed by atoms with Crippen LogP contribution in [0.3, 0.4) is 0 Å². The monoisotopic (exact) mass is 413 g/mol. The highest BCUT2D eigenvalue weighted by Crippen LogP contribution is 2.77. The number of benzene rings is 1. The summed E-state index contributed by atoms with van der Waals surface area (Å²) in [6, 6.07) is 4.26. The third-order valence-electron chi connectivity index (χ3n) is 10.4. The zero-order chi connectivity index (χ0) is 21.3. The number of aromatic hydroxyl groups is 1. The molecule has 4 fully saturated rings. The Bertz CT molecular complexity index is 936. The minimum Gasteiger partial charge on any atom is -0.504 e. The molecule has 2 spiro atoms. The minimum atomic E-state index is -0.910. The Morgan fingerprint density at radius 2 is 1.93 bits per heavy atom. The van der Waals surface area contributed by atoms with E-state index in [4.69, 9.17) is 9.47 Å². The number of ether oxygens (including phenoxy) is 2. The second-order valence-corrected chi connectivity index (χ2v) is 11.8. The molecule has 30 heavy (non-hydrogen) atoms. The first-order valence-electron chi connectivity index (χ1n) is 11.6. The second-order valence-electron chi connectivity index (χ2n) is 11.8. The fraction of sp³-hybridized carbons (Fsp3) is 0.760. The Balaban J connectivity index is 1.65. The minimum absolute atomic E-state index is 0.0160. The molecule has 164 valence electrons. The maximum Gasteiger partial charge on any atom is 0.165 e. The molecule has 4 bridgehead atoms. The van der Waals surface area contributed by atoms with Crippen molar-refractivity contribution in [2.24, 2.45) is 16.7 Å². The molecule has 1 aromatic carbocycles. The van der Waals surface area contributed by atoms with E-state index >= 15 is 0 Å². The van der Waals surface area contributed by atoms with Crippen LogP contribution in [0.5, 0.6) is 11.5 Å². The van der Waals surface area contributed by atoms with Gasteiger partial charge < -0.3 is 25.0 Å². The first-order valence-corrected chi connectivity index (χ1v) is 11.6. The molecule has 5 nitrogen and oxygen atoms in total. The van der Waals surface area contributed by atoms with Crippen molar-refractivity contribution in [2.45, 2.75) is 88.6 Å². The fourth-order valence-corrected chi connectivity index (χ4v) is 8.53. The van der Waals surface area contributed by atoms with Crippen LogP contribution in [-0.2, 0) is 16.6 Å². The normalized spacial score (nSPS) is 44.9. The van der Waals surface area contributed by atoms with Crippen molar-refractivity contribution in [2.75, 3.05) is 13.7 Å². The van der Waals surface area contributed by atoms with Gasteiger partial charge >= 0.3 is 0 Å². The van der Waals surface area contributed by atoms with Gasteiger partial charge in [0.2, 0.25) is 0 Å². The van der Waals surface area contributed by atoms with Gasteiger partial charge in [-0.05, 0) is 62.6 Å². The molecule has 6 aliphatic rings. The number of nitrogens with one attached hydrogen (secondary N) is 1. The number of fused-ring (bicyclic) bond motifs is 2. The molecule has 4 aliphatic carbocycles. The van der Waals surface area contributed by atoms with Crippen molar-refractivity contribution in [1.82, 2.24) is 5.32 Å². The lowest BCUT2D eigenvalue weighted by atomic mass is 9.33. The van der Waals surface area contributed by atoms with Crippen LogP contribution in [0.4, 0.5) is 0 Å². The van der Waals surface area contributed by atoms with Crippen LogP contribution in [0.25, 0.3) is 0 Å². The summed E-state index contributed by atoms with van der Waals surface area (Å²) >= 11 is 0. The third kappa shape index (κ3) is 1.77. The van der Waals surface area contributed by atoms with Gasteiger partial charge in [0.1, 0.15) is 11.7 Å². The number of piperidine rings is 1. The number of rotatable bonds is 2. The van der Waals surface area contributed by atoms with Crippen molar-refractivity contribution in [3.8, 4) is 11.5 Å². The van der Waals surface area contributed by atoms with Crippen LogP contribution < -0.4 is 10.1 Å². The lowest BCUT2D eigenvalue weighted by Crippen LogP contribution is -2.83. The molecule has 7 atom stereocenters. The summed E-state index contributed by atoms with van der Waals surface area (Å²) < 4.78 is 13.2. The zero-order valence-corrected chi connectivity index (χ0v) is 18.8. The van der Waals surface area contributed by atoms with Crippen molar-refractivity contribution in [1.29, 1.82) is 0 Å². The summed E-state index contributed by atoms with van der Waals surface area (Å²) in [5, 5.41) is 26.6. The van der Waals surface area contributed by atoms with Crippen molar-refractivity contribution in [3.05, 3.63) is 23.3 Å². The van der Waals surface area contributed by atoms with Crippen molar-refractivity contribution >= 4 is 0 Å². The molecule has 0 amide bonds. The van der Waals surface area contributed by atoms with E-state index < -0.39 is 11.2 Å². The van der Waals surface area contributed by atoms with Crippen molar-refractivity contribution in [3.63, 3.8) is 0 Å². The van der Waals surface area contributed by atoms with E-state index in [9.17, 15) is 10.2 Å². The topological polar surface area (TPSA) is 71.0 Å². The Morgan fingerprint density at radius 3 is 2.63 bits per heavy atom.